The molecule has 2 unspecified atom stereocenters. The SMILES string of the molecule is CC1N(CCOO)NC(S)N1CS(=O)(=O)O. The van der Waals surface area contributed by atoms with E-state index in [0.29, 0.717) is 6.54 Å². The van der Waals surface area contributed by atoms with Crippen LogP contribution in [0.3, 0.4) is 0 Å². The minimum atomic E-state index is -4.09. The van der Waals surface area contributed by atoms with E-state index < -0.39 is 21.5 Å². The summed E-state index contributed by atoms with van der Waals surface area (Å²) in [6, 6.07) is 0. The summed E-state index contributed by atoms with van der Waals surface area (Å²) >= 11 is 4.13. The molecule has 0 amide bonds. The Morgan fingerprint density at radius 1 is 1.56 bits per heavy atom. The normalized spacial score (nSPS) is 28.8. The summed E-state index contributed by atoms with van der Waals surface area (Å²) in [4.78, 5) is 5.37. The van der Waals surface area contributed by atoms with Crippen LogP contribution in [0, 0.1) is 0 Å². The Kier molecular flexibility index (Phi) is 4.94. The Morgan fingerprint density at radius 2 is 2.19 bits per heavy atom. The lowest BCUT2D eigenvalue weighted by atomic mass is 10.5. The lowest BCUT2D eigenvalue weighted by Gasteiger charge is -2.24. The molecule has 16 heavy (non-hydrogen) atoms. The molecule has 0 aromatic carbocycles. The predicted octanol–water partition coefficient (Wildman–Crippen LogP) is -0.997. The Labute approximate surface area is 99.2 Å². The zero-order valence-electron chi connectivity index (χ0n) is 8.65. The molecule has 96 valence electrons. The van der Waals surface area contributed by atoms with Gasteiger partial charge in [-0.15, -0.1) is 12.6 Å². The van der Waals surface area contributed by atoms with Crippen LogP contribution in [-0.2, 0) is 15.0 Å². The molecule has 1 rings (SSSR count). The molecule has 1 aliphatic rings. The van der Waals surface area contributed by atoms with Crippen molar-refractivity contribution in [1.82, 2.24) is 15.3 Å². The van der Waals surface area contributed by atoms with Crippen LogP contribution in [0.1, 0.15) is 6.92 Å². The van der Waals surface area contributed by atoms with E-state index in [0.717, 1.165) is 0 Å². The monoisotopic (exact) mass is 273 g/mol. The number of nitrogens with zero attached hydrogens (tertiary/aromatic N) is 2. The van der Waals surface area contributed by atoms with E-state index >= 15 is 0 Å². The maximum absolute atomic E-state index is 10.8. The van der Waals surface area contributed by atoms with Gasteiger partial charge in [0, 0.05) is 6.54 Å². The van der Waals surface area contributed by atoms with E-state index in [9.17, 15) is 8.42 Å². The van der Waals surface area contributed by atoms with Gasteiger partial charge >= 0.3 is 0 Å². The highest BCUT2D eigenvalue weighted by molar-refractivity contribution is 7.85. The smallest absolute Gasteiger partial charge is 0.278 e. The average Bonchev–Trinajstić information content (AvgIpc) is 2.40. The van der Waals surface area contributed by atoms with E-state index in [-0.39, 0.29) is 12.8 Å². The van der Waals surface area contributed by atoms with E-state index in [4.69, 9.17) is 9.81 Å². The van der Waals surface area contributed by atoms with Crippen molar-refractivity contribution in [2.75, 3.05) is 19.0 Å². The first-order valence-corrected chi connectivity index (χ1v) is 6.66. The molecule has 0 radical (unpaired) electrons. The zero-order valence-corrected chi connectivity index (χ0v) is 10.4. The molecule has 0 spiro atoms. The molecule has 0 aromatic heterocycles. The maximum Gasteiger partial charge on any atom is 0.278 e. The van der Waals surface area contributed by atoms with Crippen LogP contribution in [0.5, 0.6) is 0 Å². The Hall–Kier alpha value is 0.0600. The Bertz CT molecular complexity index is 324. The lowest BCUT2D eigenvalue weighted by molar-refractivity contribution is -0.245. The van der Waals surface area contributed by atoms with Gasteiger partial charge in [0.25, 0.3) is 10.1 Å². The lowest BCUT2D eigenvalue weighted by Crippen LogP contribution is -2.41. The van der Waals surface area contributed by atoms with Gasteiger partial charge < -0.3 is 0 Å². The van der Waals surface area contributed by atoms with Gasteiger partial charge in [0.15, 0.2) is 0 Å². The zero-order chi connectivity index (χ0) is 12.3. The topological polar surface area (TPSA) is 102 Å². The maximum atomic E-state index is 10.8. The second kappa shape index (κ2) is 5.60. The van der Waals surface area contributed by atoms with Gasteiger partial charge in [0.1, 0.15) is 11.4 Å². The molecule has 10 heteroatoms. The van der Waals surface area contributed by atoms with Crippen molar-refractivity contribution in [2.45, 2.75) is 18.6 Å². The van der Waals surface area contributed by atoms with Crippen molar-refractivity contribution in [3.8, 4) is 0 Å². The minimum Gasteiger partial charge on any atom is -0.285 e. The molecule has 8 nitrogen and oxygen atoms in total. The Balaban J connectivity index is 2.60. The van der Waals surface area contributed by atoms with Gasteiger partial charge in [-0.3, -0.25) is 9.81 Å². The van der Waals surface area contributed by atoms with Crippen LogP contribution < -0.4 is 5.43 Å². The minimum absolute atomic E-state index is 0.0809. The molecular formula is C6H15N3O5S2. The fraction of sp³-hybridized carbons (Fsp3) is 1.00. The van der Waals surface area contributed by atoms with E-state index in [1.54, 1.807) is 11.9 Å². The van der Waals surface area contributed by atoms with E-state index in [2.05, 4.69) is 22.9 Å². The number of hydrazine groups is 1. The molecule has 2 atom stereocenters. The van der Waals surface area contributed by atoms with Gasteiger partial charge in [-0.1, -0.05) is 0 Å². The first-order chi connectivity index (χ1) is 7.35. The second-order valence-corrected chi connectivity index (χ2v) is 5.30. The summed E-state index contributed by atoms with van der Waals surface area (Å²) in [5.41, 5.74) is 2.35. The van der Waals surface area contributed by atoms with Gasteiger partial charge in [0.05, 0.1) is 12.8 Å². The van der Waals surface area contributed by atoms with Crippen LogP contribution in [0.4, 0.5) is 0 Å². The summed E-state index contributed by atoms with van der Waals surface area (Å²) in [5, 5.41) is 9.86. The third-order valence-corrected chi connectivity index (χ3v) is 3.30. The third-order valence-electron chi connectivity index (χ3n) is 2.26. The average molecular weight is 273 g/mol. The van der Waals surface area contributed by atoms with Gasteiger partial charge in [0.2, 0.25) is 0 Å². The summed E-state index contributed by atoms with van der Waals surface area (Å²) in [7, 11) is -4.09. The molecule has 1 aliphatic heterocycles. The molecule has 0 aromatic rings. The van der Waals surface area contributed by atoms with Crippen molar-refractivity contribution < 1.29 is 23.1 Å². The first kappa shape index (κ1) is 14.1. The molecule has 1 saturated heterocycles. The van der Waals surface area contributed by atoms with Crippen molar-refractivity contribution in [3.63, 3.8) is 0 Å². The first-order valence-electron chi connectivity index (χ1n) is 4.53. The van der Waals surface area contributed by atoms with E-state index in [1.807, 2.05) is 0 Å². The summed E-state index contributed by atoms with van der Waals surface area (Å²) < 4.78 is 30.3. The fourth-order valence-corrected chi connectivity index (χ4v) is 2.75. The standard InChI is InChI=1S/C6H15N3O5S2/c1-5-8(4-16(11,12)13)6(15)7-9(5)2-3-14-10/h5-7,10,15H,2-4H2,1H3,(H,11,12,13). The molecular weight excluding hydrogens is 258 g/mol. The van der Waals surface area contributed by atoms with Crippen molar-refractivity contribution in [1.29, 1.82) is 0 Å². The van der Waals surface area contributed by atoms with E-state index in [1.165, 1.54) is 4.90 Å². The van der Waals surface area contributed by atoms with Crippen LogP contribution in [-0.4, -0.2) is 58.8 Å². The predicted molar refractivity (Wildman–Crippen MR) is 58.9 cm³/mol. The molecule has 3 N–H and O–H groups in total. The largest absolute Gasteiger partial charge is 0.285 e. The third kappa shape index (κ3) is 3.82. The molecule has 0 saturated carbocycles. The molecule has 0 bridgehead atoms. The molecule has 1 fully saturated rings. The number of hydrogen-bond acceptors (Lipinski definition) is 8. The van der Waals surface area contributed by atoms with Crippen molar-refractivity contribution >= 4 is 22.7 Å². The number of thiol groups is 1. The number of rotatable bonds is 5. The molecule has 0 aliphatic carbocycles. The van der Waals surface area contributed by atoms with Crippen LogP contribution >= 0.6 is 12.6 Å². The van der Waals surface area contributed by atoms with Crippen molar-refractivity contribution in [2.24, 2.45) is 0 Å². The van der Waals surface area contributed by atoms with Crippen LogP contribution in [0.15, 0.2) is 0 Å². The van der Waals surface area contributed by atoms with Gasteiger partial charge in [-0.2, -0.15) is 8.42 Å². The van der Waals surface area contributed by atoms with Crippen molar-refractivity contribution in [3.05, 3.63) is 0 Å². The highest BCUT2D eigenvalue weighted by Crippen LogP contribution is 2.18. The van der Waals surface area contributed by atoms with Gasteiger partial charge in [-0.05, 0) is 6.92 Å². The second-order valence-electron chi connectivity index (χ2n) is 3.39. The number of hydrogen-bond donors (Lipinski definition) is 4. The highest BCUT2D eigenvalue weighted by Gasteiger charge is 2.36. The summed E-state index contributed by atoms with van der Waals surface area (Å²) in [5.74, 6) is -0.508. The summed E-state index contributed by atoms with van der Waals surface area (Å²) in [6.07, 6.45) is -0.292. The summed E-state index contributed by atoms with van der Waals surface area (Å²) in [6.45, 7) is 2.18. The highest BCUT2D eigenvalue weighted by atomic mass is 32.2. The fourth-order valence-electron chi connectivity index (χ4n) is 1.47. The van der Waals surface area contributed by atoms with Crippen LogP contribution in [0.2, 0.25) is 0 Å². The molecule has 1 heterocycles. The quantitative estimate of drug-likeness (QED) is 0.219. The van der Waals surface area contributed by atoms with Gasteiger partial charge in [-0.25, -0.2) is 20.2 Å². The van der Waals surface area contributed by atoms with Crippen LogP contribution in [0.25, 0.3) is 0 Å². The Morgan fingerprint density at radius 3 is 2.69 bits per heavy atom. The number of nitrogens with one attached hydrogen (secondary N) is 1.